The Kier molecular flexibility index (Phi) is 8.36. The van der Waals surface area contributed by atoms with Crippen LogP contribution in [0.5, 0.6) is 5.75 Å². The van der Waals surface area contributed by atoms with Crippen molar-refractivity contribution in [3.63, 3.8) is 0 Å². The van der Waals surface area contributed by atoms with Crippen molar-refractivity contribution in [3.05, 3.63) is 57.6 Å². The highest BCUT2D eigenvalue weighted by Crippen LogP contribution is 2.41. The number of nitrogens with zero attached hydrogens (tertiary/aromatic N) is 1. The van der Waals surface area contributed by atoms with E-state index in [-0.39, 0.29) is 36.3 Å². The Morgan fingerprint density at radius 1 is 1.26 bits per heavy atom. The van der Waals surface area contributed by atoms with Gasteiger partial charge in [-0.15, -0.1) is 8.78 Å². The van der Waals surface area contributed by atoms with Crippen molar-refractivity contribution >= 4 is 39.0 Å². The highest BCUT2D eigenvalue weighted by Gasteiger charge is 2.34. The molecule has 2 aromatic rings. The number of carbonyl (C=O) groups is 1. The van der Waals surface area contributed by atoms with Gasteiger partial charge in [0.25, 0.3) is 0 Å². The number of hydrogen-bond donors (Lipinski definition) is 0. The first-order chi connectivity index (χ1) is 16.6. The Hall–Kier alpha value is -1.74. The Labute approximate surface area is 217 Å². The lowest BCUT2D eigenvalue weighted by Gasteiger charge is -2.33. The second kappa shape index (κ2) is 11.1. The van der Waals surface area contributed by atoms with E-state index in [4.69, 9.17) is 21.1 Å². The van der Waals surface area contributed by atoms with E-state index in [1.165, 1.54) is 12.1 Å². The van der Waals surface area contributed by atoms with Gasteiger partial charge < -0.3 is 19.1 Å². The molecule has 1 saturated heterocycles. The predicted octanol–water partition coefficient (Wildman–Crippen LogP) is 6.73. The quantitative estimate of drug-likeness (QED) is 0.246. The van der Waals surface area contributed by atoms with Gasteiger partial charge in [0, 0.05) is 40.7 Å². The molecule has 0 aromatic heterocycles. The molecule has 2 heterocycles. The first-order valence-corrected chi connectivity index (χ1v) is 13.0. The summed E-state index contributed by atoms with van der Waals surface area (Å²) < 4.78 is 42.6. The average molecular weight is 573 g/mol. The van der Waals surface area contributed by atoms with Gasteiger partial charge in [0.15, 0.2) is 12.1 Å². The van der Waals surface area contributed by atoms with Crippen LogP contribution in [-0.4, -0.2) is 42.9 Å². The third-order valence-electron chi connectivity index (χ3n) is 6.26. The molecule has 35 heavy (non-hydrogen) atoms. The maximum absolute atomic E-state index is 13.1. The van der Waals surface area contributed by atoms with Crippen LogP contribution >= 0.6 is 27.5 Å². The minimum Gasteiger partial charge on any atom is -0.420 e. The van der Waals surface area contributed by atoms with Gasteiger partial charge in [-0.2, -0.15) is 0 Å². The molecule has 0 bridgehead atoms. The molecule has 2 aromatic carbocycles. The molecule has 2 unspecified atom stereocenters. The van der Waals surface area contributed by atoms with Gasteiger partial charge >= 0.3 is 5.57 Å². The van der Waals surface area contributed by atoms with Crippen LogP contribution in [0.1, 0.15) is 54.6 Å². The Morgan fingerprint density at radius 3 is 2.63 bits per heavy atom. The van der Waals surface area contributed by atoms with Gasteiger partial charge in [-0.05, 0) is 90.9 Å². The second-order valence-corrected chi connectivity index (χ2v) is 10.5. The van der Waals surface area contributed by atoms with Crippen LogP contribution in [0, 0.1) is 0 Å². The van der Waals surface area contributed by atoms with Gasteiger partial charge in [-0.25, -0.2) is 0 Å². The molecular weight excluding hydrogens is 544 g/mol. The van der Waals surface area contributed by atoms with Crippen molar-refractivity contribution in [2.75, 3.05) is 18.1 Å². The van der Waals surface area contributed by atoms with Crippen molar-refractivity contribution in [2.45, 2.75) is 69.9 Å². The summed E-state index contributed by atoms with van der Waals surface area (Å²) in [6, 6.07) is 10.1. The summed E-state index contributed by atoms with van der Waals surface area (Å²) in [5, 5.41) is 0. The summed E-state index contributed by atoms with van der Waals surface area (Å²) in [6.45, 7) is 5.61. The van der Waals surface area contributed by atoms with Crippen LogP contribution in [0.15, 0.2) is 40.9 Å². The molecule has 4 rings (SSSR count). The number of carbonyl (C=O) groups excluding carboxylic acids is 1. The van der Waals surface area contributed by atoms with Gasteiger partial charge in [0.1, 0.15) is 5.75 Å². The van der Waals surface area contributed by atoms with Crippen molar-refractivity contribution in [2.24, 2.45) is 0 Å². The van der Waals surface area contributed by atoms with Crippen molar-refractivity contribution in [1.82, 2.24) is 0 Å². The largest absolute Gasteiger partial charge is 0.487 e. The molecule has 1 fully saturated rings. The molecule has 0 N–H and O–H groups in total. The zero-order chi connectivity index (χ0) is 25.2. The Bertz CT molecular complexity index is 1040. The number of ketones is 1. The third kappa shape index (κ3) is 6.73. The molecular formula is C26H29BrClF2NO4. The third-order valence-corrected chi connectivity index (χ3v) is 6.94. The monoisotopic (exact) mass is 571 g/mol. The second-order valence-electron chi connectivity index (χ2n) is 9.25. The summed E-state index contributed by atoms with van der Waals surface area (Å²) >= 11 is 8.49. The van der Waals surface area contributed by atoms with Crippen LogP contribution in [0.3, 0.4) is 0 Å². The van der Waals surface area contributed by atoms with Crippen molar-refractivity contribution in [3.8, 4) is 5.75 Å². The number of rotatable bonds is 9. The lowest BCUT2D eigenvalue weighted by atomic mass is 9.99. The summed E-state index contributed by atoms with van der Waals surface area (Å²) in [4.78, 5) is 15.4. The van der Waals surface area contributed by atoms with Crippen LogP contribution in [0.4, 0.5) is 14.5 Å². The SMILES string of the molecule is CC(C)N1c2c(Br)cc(C(=O)Cc3ccc(OC(F)(F)Cl)cc3)cc2CC1COC1CCCCO1. The van der Waals surface area contributed by atoms with Gasteiger partial charge in [0.2, 0.25) is 0 Å². The zero-order valence-corrected chi connectivity index (χ0v) is 22.1. The van der Waals surface area contributed by atoms with E-state index >= 15 is 0 Å². The molecule has 0 saturated carbocycles. The molecule has 190 valence electrons. The van der Waals surface area contributed by atoms with Gasteiger partial charge in [-0.3, -0.25) is 4.79 Å². The van der Waals surface area contributed by atoms with Crippen LogP contribution in [-0.2, 0) is 22.3 Å². The average Bonchev–Trinajstić information content (AvgIpc) is 3.18. The van der Waals surface area contributed by atoms with Crippen LogP contribution < -0.4 is 9.64 Å². The first kappa shape index (κ1) is 26.3. The number of hydrogen-bond acceptors (Lipinski definition) is 5. The fourth-order valence-electron chi connectivity index (χ4n) is 4.77. The van der Waals surface area contributed by atoms with Crippen molar-refractivity contribution in [1.29, 1.82) is 0 Å². The van der Waals surface area contributed by atoms with Gasteiger partial charge in [-0.1, -0.05) is 12.1 Å². The molecule has 9 heteroatoms. The minimum absolute atomic E-state index is 0.0590. The summed E-state index contributed by atoms with van der Waals surface area (Å²) in [7, 11) is 0. The number of Topliss-reactive ketones (excluding diaryl/α,β-unsaturated/α-hetero) is 1. The lowest BCUT2D eigenvalue weighted by molar-refractivity contribution is -0.164. The van der Waals surface area contributed by atoms with Crippen LogP contribution in [0.25, 0.3) is 0 Å². The Morgan fingerprint density at radius 2 is 2.00 bits per heavy atom. The van der Waals surface area contributed by atoms with E-state index in [1.54, 1.807) is 12.1 Å². The predicted molar refractivity (Wildman–Crippen MR) is 135 cm³/mol. The van der Waals surface area contributed by atoms with Gasteiger partial charge in [0.05, 0.1) is 18.3 Å². The number of halogens is 4. The molecule has 2 atom stereocenters. The number of benzene rings is 2. The van der Waals surface area contributed by atoms with E-state index < -0.39 is 5.57 Å². The number of fused-ring (bicyclic) bond motifs is 1. The minimum atomic E-state index is -3.77. The first-order valence-electron chi connectivity index (χ1n) is 11.8. The zero-order valence-electron chi connectivity index (χ0n) is 19.7. The standard InChI is InChI=1S/C26H29BrClF2NO4/c1-16(2)31-20(15-34-24-5-3-4-10-33-24)13-19-12-18(14-22(27)25(19)31)23(32)11-17-6-8-21(9-7-17)35-26(28,29)30/h6-9,12,14,16,20,24H,3-5,10-11,13,15H2,1-2H3. The van der Waals surface area contributed by atoms with E-state index in [9.17, 15) is 13.6 Å². The normalized spacial score (nSPS) is 20.3. The highest BCUT2D eigenvalue weighted by molar-refractivity contribution is 9.10. The topological polar surface area (TPSA) is 48.0 Å². The smallest absolute Gasteiger partial charge is 0.420 e. The number of alkyl halides is 3. The lowest BCUT2D eigenvalue weighted by Crippen LogP contribution is -2.42. The van der Waals surface area contributed by atoms with E-state index in [2.05, 4.69) is 39.4 Å². The highest BCUT2D eigenvalue weighted by atomic mass is 79.9. The van der Waals surface area contributed by atoms with E-state index in [0.29, 0.717) is 17.7 Å². The summed E-state index contributed by atoms with van der Waals surface area (Å²) in [5.41, 5.74) is -0.283. The molecule has 0 spiro atoms. The molecule has 0 aliphatic carbocycles. The van der Waals surface area contributed by atoms with Crippen molar-refractivity contribution < 1.29 is 27.8 Å². The molecule has 2 aliphatic heterocycles. The maximum Gasteiger partial charge on any atom is 0.487 e. The number of ether oxygens (including phenoxy) is 3. The molecule has 0 radical (unpaired) electrons. The summed E-state index contributed by atoms with van der Waals surface area (Å²) in [6.07, 6.45) is 3.90. The summed E-state index contributed by atoms with van der Waals surface area (Å²) in [5.74, 6) is -0.126. The van der Waals surface area contributed by atoms with E-state index in [0.717, 1.165) is 48.0 Å². The molecule has 5 nitrogen and oxygen atoms in total. The molecule has 0 amide bonds. The molecule has 2 aliphatic rings. The fraction of sp³-hybridized carbons (Fsp3) is 0.500. The van der Waals surface area contributed by atoms with E-state index in [1.807, 2.05) is 12.1 Å². The van der Waals surface area contributed by atoms with Crippen LogP contribution in [0.2, 0.25) is 0 Å². The Balaban J connectivity index is 1.46. The maximum atomic E-state index is 13.1. The number of anilines is 1. The fourth-order valence-corrected chi connectivity index (χ4v) is 5.57.